The Morgan fingerprint density at radius 2 is 2.09 bits per heavy atom. The van der Waals surface area contributed by atoms with Gasteiger partial charge in [0.25, 0.3) is 0 Å². The van der Waals surface area contributed by atoms with Crippen molar-refractivity contribution in [2.75, 3.05) is 11.5 Å². The predicted octanol–water partition coefficient (Wildman–Crippen LogP) is 2.74. The molecule has 0 N–H and O–H groups in total. The molecule has 0 amide bonds. The molecule has 0 aromatic heterocycles. The Kier molecular flexibility index (Phi) is 6.73. The van der Waals surface area contributed by atoms with Crippen LogP contribution in [0.15, 0.2) is 0 Å². The van der Waals surface area contributed by atoms with Crippen LogP contribution in [0.4, 0.5) is 0 Å². The van der Waals surface area contributed by atoms with E-state index in [4.69, 9.17) is 0 Å². The molecule has 11 heavy (non-hydrogen) atoms. The summed E-state index contributed by atoms with van der Waals surface area (Å²) in [6, 6.07) is 0. The maximum absolute atomic E-state index is 10.9. The van der Waals surface area contributed by atoms with Gasteiger partial charge in [0.2, 0.25) is 0 Å². The molecule has 0 aromatic rings. The number of Topliss-reactive ketones (excluding diaryl/α,β-unsaturated/α-hetero) is 1. The Morgan fingerprint density at radius 3 is 2.55 bits per heavy atom. The van der Waals surface area contributed by atoms with Crippen molar-refractivity contribution in [3.63, 3.8) is 0 Å². The second-order valence-electron chi connectivity index (χ2n) is 2.92. The van der Waals surface area contributed by atoms with Crippen LogP contribution in [-0.2, 0) is 4.79 Å². The highest BCUT2D eigenvalue weighted by Crippen LogP contribution is 2.11. The van der Waals surface area contributed by atoms with Gasteiger partial charge in [-0.1, -0.05) is 27.2 Å². The number of ketones is 1. The summed E-state index contributed by atoms with van der Waals surface area (Å²) in [4.78, 5) is 10.9. The van der Waals surface area contributed by atoms with Gasteiger partial charge in [0.05, 0.1) is 5.75 Å². The van der Waals surface area contributed by atoms with Gasteiger partial charge in [-0.15, -0.1) is 0 Å². The van der Waals surface area contributed by atoms with Gasteiger partial charge in [0.15, 0.2) is 0 Å². The minimum atomic E-state index is 0.373. The summed E-state index contributed by atoms with van der Waals surface area (Å²) in [7, 11) is 0. The van der Waals surface area contributed by atoms with Crippen molar-refractivity contribution >= 4 is 17.5 Å². The quantitative estimate of drug-likeness (QED) is 0.616. The third-order valence-corrected chi connectivity index (χ3v) is 3.09. The molecule has 0 bridgehead atoms. The predicted molar refractivity (Wildman–Crippen MR) is 52.1 cm³/mol. The van der Waals surface area contributed by atoms with E-state index in [1.807, 2.05) is 6.92 Å². The minimum absolute atomic E-state index is 0.373. The standard InChI is InChI=1S/C9H18OS/c1-4-8(3)6-11-7-9(10)5-2/h8H,4-7H2,1-3H3. The third-order valence-electron chi connectivity index (χ3n) is 1.76. The largest absolute Gasteiger partial charge is 0.299 e. The topological polar surface area (TPSA) is 17.1 Å². The van der Waals surface area contributed by atoms with Gasteiger partial charge < -0.3 is 0 Å². The summed E-state index contributed by atoms with van der Waals surface area (Å²) >= 11 is 1.77. The normalized spacial score (nSPS) is 13.0. The minimum Gasteiger partial charge on any atom is -0.299 e. The van der Waals surface area contributed by atoms with Crippen LogP contribution in [0.25, 0.3) is 0 Å². The van der Waals surface area contributed by atoms with Gasteiger partial charge in [-0.05, 0) is 11.7 Å². The van der Waals surface area contributed by atoms with E-state index < -0.39 is 0 Å². The first-order valence-corrected chi connectivity index (χ1v) is 5.45. The zero-order valence-corrected chi connectivity index (χ0v) is 8.54. The summed E-state index contributed by atoms with van der Waals surface area (Å²) in [5.74, 6) is 2.96. The second kappa shape index (κ2) is 6.71. The van der Waals surface area contributed by atoms with Crippen molar-refractivity contribution in [3.8, 4) is 0 Å². The fourth-order valence-corrected chi connectivity index (χ4v) is 1.78. The molecule has 0 rings (SSSR count). The molecule has 1 unspecified atom stereocenters. The molecule has 1 atom stereocenters. The average Bonchev–Trinajstić information content (AvgIpc) is 2.04. The number of carbonyl (C=O) groups excluding carboxylic acids is 1. The van der Waals surface area contributed by atoms with Crippen LogP contribution in [0, 0.1) is 5.92 Å². The van der Waals surface area contributed by atoms with Crippen LogP contribution in [0.2, 0.25) is 0 Å². The Bertz CT molecular complexity index is 112. The number of hydrogen-bond acceptors (Lipinski definition) is 2. The fourth-order valence-electron chi connectivity index (χ4n) is 0.594. The Labute approximate surface area is 73.9 Å². The highest BCUT2D eigenvalue weighted by Gasteiger charge is 2.01. The van der Waals surface area contributed by atoms with Crippen molar-refractivity contribution < 1.29 is 4.79 Å². The molecule has 0 heterocycles. The molecule has 0 saturated carbocycles. The molecule has 1 nitrogen and oxygen atoms in total. The van der Waals surface area contributed by atoms with E-state index >= 15 is 0 Å². The number of thioether (sulfide) groups is 1. The molecular weight excluding hydrogens is 156 g/mol. The number of hydrogen-bond donors (Lipinski definition) is 0. The summed E-state index contributed by atoms with van der Waals surface area (Å²) in [6.07, 6.45) is 1.90. The molecule has 2 heteroatoms. The monoisotopic (exact) mass is 174 g/mol. The number of carbonyl (C=O) groups is 1. The van der Waals surface area contributed by atoms with Crippen LogP contribution in [0.3, 0.4) is 0 Å². The summed E-state index contributed by atoms with van der Waals surface area (Å²) < 4.78 is 0. The zero-order valence-electron chi connectivity index (χ0n) is 7.72. The molecule has 0 aliphatic carbocycles. The Balaban J connectivity index is 3.20. The highest BCUT2D eigenvalue weighted by molar-refractivity contribution is 7.99. The summed E-state index contributed by atoms with van der Waals surface area (Å²) in [5, 5.41) is 0. The average molecular weight is 174 g/mol. The Morgan fingerprint density at radius 1 is 1.45 bits per heavy atom. The smallest absolute Gasteiger partial charge is 0.142 e. The lowest BCUT2D eigenvalue weighted by molar-refractivity contribution is -0.116. The molecule has 0 fully saturated rings. The first-order chi connectivity index (χ1) is 5.20. The molecule has 0 spiro atoms. The van der Waals surface area contributed by atoms with Crippen molar-refractivity contribution in [2.45, 2.75) is 33.6 Å². The van der Waals surface area contributed by atoms with Crippen LogP contribution >= 0.6 is 11.8 Å². The first-order valence-electron chi connectivity index (χ1n) is 4.30. The van der Waals surface area contributed by atoms with E-state index in [-0.39, 0.29) is 0 Å². The van der Waals surface area contributed by atoms with Gasteiger partial charge in [-0.25, -0.2) is 0 Å². The van der Waals surface area contributed by atoms with E-state index in [1.54, 1.807) is 11.8 Å². The molecule has 0 aliphatic rings. The highest BCUT2D eigenvalue weighted by atomic mass is 32.2. The van der Waals surface area contributed by atoms with Gasteiger partial charge >= 0.3 is 0 Å². The van der Waals surface area contributed by atoms with Crippen molar-refractivity contribution in [3.05, 3.63) is 0 Å². The van der Waals surface area contributed by atoms with Gasteiger partial charge in [-0.3, -0.25) is 4.79 Å². The molecule has 0 aliphatic heterocycles. The first kappa shape index (κ1) is 11.0. The lowest BCUT2D eigenvalue weighted by atomic mass is 10.2. The molecule has 0 aromatic carbocycles. The van der Waals surface area contributed by atoms with Gasteiger partial charge in [0.1, 0.15) is 5.78 Å². The Hall–Kier alpha value is 0.0200. The van der Waals surface area contributed by atoms with E-state index in [1.165, 1.54) is 6.42 Å². The lowest BCUT2D eigenvalue weighted by Crippen LogP contribution is -2.02. The van der Waals surface area contributed by atoms with E-state index in [0.717, 1.165) is 11.7 Å². The third kappa shape index (κ3) is 6.42. The van der Waals surface area contributed by atoms with Crippen molar-refractivity contribution in [1.29, 1.82) is 0 Å². The lowest BCUT2D eigenvalue weighted by Gasteiger charge is -2.05. The van der Waals surface area contributed by atoms with Crippen LogP contribution in [0.5, 0.6) is 0 Å². The second-order valence-corrected chi connectivity index (χ2v) is 3.95. The van der Waals surface area contributed by atoms with Gasteiger partial charge in [0, 0.05) is 6.42 Å². The van der Waals surface area contributed by atoms with Gasteiger partial charge in [-0.2, -0.15) is 11.8 Å². The SMILES string of the molecule is CCC(=O)CSCC(C)CC. The molecule has 0 saturated heterocycles. The molecular formula is C9H18OS. The summed E-state index contributed by atoms with van der Waals surface area (Å²) in [5.41, 5.74) is 0. The van der Waals surface area contributed by atoms with E-state index in [9.17, 15) is 4.79 Å². The van der Waals surface area contributed by atoms with Crippen LogP contribution in [-0.4, -0.2) is 17.3 Å². The zero-order chi connectivity index (χ0) is 8.69. The van der Waals surface area contributed by atoms with Crippen LogP contribution < -0.4 is 0 Å². The fraction of sp³-hybridized carbons (Fsp3) is 0.889. The van der Waals surface area contributed by atoms with Crippen molar-refractivity contribution in [1.82, 2.24) is 0 Å². The van der Waals surface area contributed by atoms with E-state index in [2.05, 4.69) is 13.8 Å². The van der Waals surface area contributed by atoms with E-state index in [0.29, 0.717) is 18.0 Å². The maximum atomic E-state index is 10.9. The van der Waals surface area contributed by atoms with Crippen LogP contribution in [0.1, 0.15) is 33.6 Å². The molecule has 66 valence electrons. The summed E-state index contributed by atoms with van der Waals surface area (Å²) in [6.45, 7) is 6.34. The van der Waals surface area contributed by atoms with Crippen molar-refractivity contribution in [2.24, 2.45) is 5.92 Å². The molecule has 0 radical (unpaired) electrons. The number of rotatable bonds is 6. The maximum Gasteiger partial charge on any atom is 0.142 e.